The number of amides is 2. The predicted octanol–water partition coefficient (Wildman–Crippen LogP) is 4.60. The Bertz CT molecular complexity index is 1040. The number of anilines is 2. The molecule has 2 heterocycles. The zero-order valence-electron chi connectivity index (χ0n) is 13.3. The third kappa shape index (κ3) is 4.47. The van der Waals surface area contributed by atoms with Gasteiger partial charge in [-0.1, -0.05) is 0 Å². The molecule has 3 N–H and O–H groups in total. The van der Waals surface area contributed by atoms with Crippen LogP contribution < -0.4 is 10.6 Å². The van der Waals surface area contributed by atoms with Gasteiger partial charge in [-0.3, -0.25) is 9.59 Å². The second-order valence-corrected chi connectivity index (χ2v) is 6.74. The van der Waals surface area contributed by atoms with Crippen molar-refractivity contribution in [3.63, 3.8) is 0 Å². The Morgan fingerprint density at radius 2 is 1.30 bits per heavy atom. The number of carboxylic acids is 1. The molecule has 1 aromatic carbocycles. The molecular formula is C17H10Br2N2O6. The van der Waals surface area contributed by atoms with Crippen LogP contribution in [0, 0.1) is 0 Å². The van der Waals surface area contributed by atoms with Gasteiger partial charge in [-0.2, -0.15) is 0 Å². The molecule has 0 atom stereocenters. The van der Waals surface area contributed by atoms with Crippen molar-refractivity contribution in [3.8, 4) is 0 Å². The Morgan fingerprint density at radius 3 is 1.74 bits per heavy atom. The molecule has 0 fully saturated rings. The van der Waals surface area contributed by atoms with Crippen LogP contribution in [0.25, 0.3) is 0 Å². The zero-order chi connectivity index (χ0) is 19.6. The maximum absolute atomic E-state index is 12.3. The van der Waals surface area contributed by atoms with E-state index in [9.17, 15) is 19.5 Å². The number of furan rings is 2. The maximum Gasteiger partial charge on any atom is 0.335 e. The first-order chi connectivity index (χ1) is 12.8. The molecule has 0 saturated heterocycles. The van der Waals surface area contributed by atoms with Crippen molar-refractivity contribution in [2.75, 3.05) is 10.6 Å². The van der Waals surface area contributed by atoms with Crippen LogP contribution in [0.3, 0.4) is 0 Å². The average molecular weight is 498 g/mol. The summed E-state index contributed by atoms with van der Waals surface area (Å²) < 4.78 is 11.1. The maximum atomic E-state index is 12.3. The van der Waals surface area contributed by atoms with Gasteiger partial charge in [0.25, 0.3) is 11.8 Å². The number of hydrogen-bond acceptors (Lipinski definition) is 5. The van der Waals surface area contributed by atoms with Gasteiger partial charge in [0, 0.05) is 0 Å². The number of carbonyl (C=O) groups is 3. The van der Waals surface area contributed by atoms with Gasteiger partial charge < -0.3 is 24.6 Å². The highest BCUT2D eigenvalue weighted by Gasteiger charge is 2.18. The molecule has 0 spiro atoms. The molecule has 3 rings (SSSR count). The average Bonchev–Trinajstić information content (AvgIpc) is 3.24. The summed E-state index contributed by atoms with van der Waals surface area (Å²) in [6.07, 6.45) is 0. The van der Waals surface area contributed by atoms with Crippen LogP contribution in [-0.2, 0) is 0 Å². The summed E-state index contributed by atoms with van der Waals surface area (Å²) in [4.78, 5) is 35.8. The van der Waals surface area contributed by atoms with Gasteiger partial charge in [0.05, 0.1) is 16.9 Å². The molecule has 0 unspecified atom stereocenters. The third-order valence-electron chi connectivity index (χ3n) is 3.36. The molecule has 0 radical (unpaired) electrons. The number of carbonyl (C=O) groups excluding carboxylic acids is 2. The van der Waals surface area contributed by atoms with Crippen LogP contribution in [0.4, 0.5) is 11.4 Å². The van der Waals surface area contributed by atoms with E-state index in [2.05, 4.69) is 42.5 Å². The van der Waals surface area contributed by atoms with Crippen molar-refractivity contribution in [3.05, 3.63) is 68.9 Å². The summed E-state index contributed by atoms with van der Waals surface area (Å²) in [6, 6.07) is 9.90. The Hall–Kier alpha value is -2.85. The molecule has 8 nitrogen and oxygen atoms in total. The van der Waals surface area contributed by atoms with Gasteiger partial charge in [0.15, 0.2) is 20.9 Å². The minimum atomic E-state index is -1.18. The van der Waals surface area contributed by atoms with Crippen LogP contribution in [0.15, 0.2) is 60.6 Å². The lowest BCUT2D eigenvalue weighted by Gasteiger charge is -2.12. The fourth-order valence-electron chi connectivity index (χ4n) is 2.13. The Kier molecular flexibility index (Phi) is 5.47. The van der Waals surface area contributed by atoms with Crippen molar-refractivity contribution in [1.29, 1.82) is 0 Å². The fourth-order valence-corrected chi connectivity index (χ4v) is 2.74. The van der Waals surface area contributed by atoms with Crippen molar-refractivity contribution in [2.45, 2.75) is 0 Å². The van der Waals surface area contributed by atoms with Gasteiger partial charge in [-0.25, -0.2) is 4.79 Å². The van der Waals surface area contributed by atoms with E-state index in [0.29, 0.717) is 9.34 Å². The topological polar surface area (TPSA) is 122 Å². The number of rotatable bonds is 5. The number of carboxylic acid groups (broad SMARTS) is 1. The normalized spacial score (nSPS) is 10.4. The summed E-state index contributed by atoms with van der Waals surface area (Å²) in [5.74, 6) is -2.31. The molecule has 0 aliphatic rings. The molecule has 0 aliphatic carbocycles. The molecule has 10 heteroatoms. The lowest BCUT2D eigenvalue weighted by Crippen LogP contribution is -2.17. The van der Waals surface area contributed by atoms with Crippen molar-refractivity contribution in [2.24, 2.45) is 0 Å². The zero-order valence-corrected chi connectivity index (χ0v) is 16.5. The van der Waals surface area contributed by atoms with E-state index in [0.717, 1.165) is 0 Å². The van der Waals surface area contributed by atoms with Crippen LogP contribution >= 0.6 is 31.9 Å². The van der Waals surface area contributed by atoms with E-state index in [1.165, 1.54) is 30.3 Å². The minimum Gasteiger partial charge on any atom is -0.478 e. The van der Waals surface area contributed by atoms with Crippen LogP contribution in [-0.4, -0.2) is 22.9 Å². The molecule has 2 amide bonds. The number of halogens is 2. The van der Waals surface area contributed by atoms with Gasteiger partial charge >= 0.3 is 5.97 Å². The predicted molar refractivity (Wildman–Crippen MR) is 102 cm³/mol. The first kappa shape index (κ1) is 18.9. The van der Waals surface area contributed by atoms with Crippen LogP contribution in [0.5, 0.6) is 0 Å². The van der Waals surface area contributed by atoms with E-state index in [4.69, 9.17) is 8.83 Å². The van der Waals surface area contributed by atoms with Gasteiger partial charge in [0.1, 0.15) is 0 Å². The molecule has 0 bridgehead atoms. The van der Waals surface area contributed by atoms with E-state index >= 15 is 0 Å². The number of nitrogens with one attached hydrogen (secondary N) is 2. The molecule has 3 aromatic rings. The lowest BCUT2D eigenvalue weighted by atomic mass is 10.1. The first-order valence-corrected chi connectivity index (χ1v) is 8.93. The summed E-state index contributed by atoms with van der Waals surface area (Å²) in [5, 5.41) is 14.3. The highest BCUT2D eigenvalue weighted by Crippen LogP contribution is 2.26. The largest absolute Gasteiger partial charge is 0.478 e. The fraction of sp³-hybridized carbons (Fsp3) is 0. The van der Waals surface area contributed by atoms with Crippen molar-refractivity contribution in [1.82, 2.24) is 0 Å². The smallest absolute Gasteiger partial charge is 0.335 e. The number of hydrogen-bond donors (Lipinski definition) is 3. The number of benzene rings is 1. The summed E-state index contributed by atoms with van der Waals surface area (Å²) in [7, 11) is 0. The monoisotopic (exact) mass is 496 g/mol. The van der Waals surface area contributed by atoms with E-state index in [-0.39, 0.29) is 28.5 Å². The standard InChI is InChI=1S/C17H10Br2N2O6/c18-13-5-3-11(26-13)15(22)20-9-2-1-8(17(24)25)7-10(9)21-16(23)12-4-6-14(19)27-12/h1-7H,(H,20,22)(H,21,23)(H,24,25). The van der Waals surface area contributed by atoms with E-state index in [1.807, 2.05) is 0 Å². The molecule has 2 aromatic heterocycles. The minimum absolute atomic E-state index is 0.00912. The molecule has 138 valence electrons. The van der Waals surface area contributed by atoms with E-state index in [1.54, 1.807) is 12.1 Å². The number of aromatic carboxylic acids is 1. The van der Waals surface area contributed by atoms with Crippen LogP contribution in [0.1, 0.15) is 31.5 Å². The SMILES string of the molecule is O=C(O)c1ccc(NC(=O)c2ccc(Br)o2)c(NC(=O)c2ccc(Br)o2)c1. The quantitative estimate of drug-likeness (QED) is 0.473. The molecule has 0 saturated carbocycles. The summed E-state index contributed by atoms with van der Waals surface area (Å²) in [5.41, 5.74) is 0.215. The van der Waals surface area contributed by atoms with Crippen molar-refractivity contribution < 1.29 is 28.3 Å². The Labute approximate surface area is 168 Å². The van der Waals surface area contributed by atoms with Crippen LogP contribution in [0.2, 0.25) is 0 Å². The Morgan fingerprint density at radius 1 is 0.778 bits per heavy atom. The molecule has 27 heavy (non-hydrogen) atoms. The van der Waals surface area contributed by atoms with Gasteiger partial charge in [-0.15, -0.1) is 0 Å². The second kappa shape index (κ2) is 7.80. The third-order valence-corrected chi connectivity index (χ3v) is 4.21. The lowest BCUT2D eigenvalue weighted by molar-refractivity contribution is 0.0696. The highest BCUT2D eigenvalue weighted by atomic mass is 79.9. The van der Waals surface area contributed by atoms with Gasteiger partial charge in [0.2, 0.25) is 0 Å². The summed E-state index contributed by atoms with van der Waals surface area (Å²) in [6.45, 7) is 0. The molecule has 0 aliphatic heterocycles. The van der Waals surface area contributed by atoms with Gasteiger partial charge in [-0.05, 0) is 74.3 Å². The van der Waals surface area contributed by atoms with Crippen molar-refractivity contribution >= 4 is 61.0 Å². The highest BCUT2D eigenvalue weighted by molar-refractivity contribution is 9.10. The summed E-state index contributed by atoms with van der Waals surface area (Å²) >= 11 is 6.20. The second-order valence-electron chi connectivity index (χ2n) is 5.18. The molecular weight excluding hydrogens is 488 g/mol. The first-order valence-electron chi connectivity index (χ1n) is 7.34. The Balaban J connectivity index is 1.89. The van der Waals surface area contributed by atoms with E-state index < -0.39 is 17.8 Å².